The van der Waals surface area contributed by atoms with Crippen molar-refractivity contribution in [3.05, 3.63) is 77.0 Å². The Kier molecular flexibility index (Phi) is 5.25. The lowest BCUT2D eigenvalue weighted by atomic mass is 9.69. The molecule has 1 aromatic carbocycles. The minimum atomic E-state index is -0.253. The van der Waals surface area contributed by atoms with Crippen LogP contribution < -0.4 is 15.8 Å². The van der Waals surface area contributed by atoms with Crippen LogP contribution in [0.15, 0.2) is 65.8 Å². The monoisotopic (exact) mass is 444 g/mol. The topological polar surface area (TPSA) is 94.2 Å². The summed E-state index contributed by atoms with van der Waals surface area (Å²) in [6.45, 7) is 0.595. The molecule has 1 saturated heterocycles. The summed E-state index contributed by atoms with van der Waals surface area (Å²) in [6, 6.07) is 13.7. The first-order chi connectivity index (χ1) is 15.9. The van der Waals surface area contributed by atoms with Crippen molar-refractivity contribution in [2.45, 2.75) is 36.8 Å². The smallest absolute Gasteiger partial charge is 0.322 e. The van der Waals surface area contributed by atoms with Crippen molar-refractivity contribution in [2.24, 2.45) is 0 Å². The zero-order valence-corrected chi connectivity index (χ0v) is 18.9. The van der Waals surface area contributed by atoms with Gasteiger partial charge in [0, 0.05) is 23.4 Å². The molecule has 2 fully saturated rings. The number of amides is 2. The Morgan fingerprint density at radius 3 is 2.30 bits per heavy atom. The van der Waals surface area contributed by atoms with Gasteiger partial charge in [0.2, 0.25) is 5.56 Å². The molecule has 1 saturated carbocycles. The number of pyridine rings is 1. The van der Waals surface area contributed by atoms with E-state index in [9.17, 15) is 9.59 Å². The minimum Gasteiger partial charge on any atom is -0.330 e. The highest BCUT2D eigenvalue weighted by Crippen LogP contribution is 2.46. The highest BCUT2D eigenvalue weighted by atomic mass is 16.2. The molecule has 2 aromatic heterocycles. The van der Waals surface area contributed by atoms with Crippen LogP contribution in [0.3, 0.4) is 0 Å². The Bertz CT molecular complexity index is 1200. The van der Waals surface area contributed by atoms with E-state index >= 15 is 0 Å². The van der Waals surface area contributed by atoms with E-state index in [0.717, 1.165) is 25.7 Å². The molecule has 1 aliphatic heterocycles. The van der Waals surface area contributed by atoms with Crippen molar-refractivity contribution < 1.29 is 4.79 Å². The molecular formula is C25H28N6O2. The lowest BCUT2D eigenvalue weighted by molar-refractivity contribution is 0.0658. The summed E-state index contributed by atoms with van der Waals surface area (Å²) in [5, 5.41) is 3.27. The summed E-state index contributed by atoms with van der Waals surface area (Å²) in [6.07, 6.45) is 8.60. The second-order valence-electron chi connectivity index (χ2n) is 9.30. The molecule has 2 amide bonds. The maximum atomic E-state index is 12.9. The van der Waals surface area contributed by atoms with Crippen LogP contribution in [0.25, 0.3) is 11.4 Å². The lowest BCUT2D eigenvalue weighted by Gasteiger charge is -2.48. The van der Waals surface area contributed by atoms with Crippen LogP contribution >= 0.6 is 0 Å². The Balaban J connectivity index is 1.33. The zero-order chi connectivity index (χ0) is 23.1. The van der Waals surface area contributed by atoms with Crippen LogP contribution in [-0.2, 0) is 5.54 Å². The number of nitrogens with one attached hydrogen (secondary N) is 2. The number of aromatic nitrogens is 3. The number of anilines is 1. The molecule has 0 atom stereocenters. The van der Waals surface area contributed by atoms with Crippen molar-refractivity contribution in [1.29, 1.82) is 0 Å². The van der Waals surface area contributed by atoms with E-state index in [1.54, 1.807) is 29.6 Å². The third kappa shape index (κ3) is 3.80. The molecule has 1 aliphatic carbocycles. The van der Waals surface area contributed by atoms with Crippen molar-refractivity contribution in [1.82, 2.24) is 25.2 Å². The van der Waals surface area contributed by atoms with Gasteiger partial charge in [-0.05, 0) is 51.4 Å². The Hall–Kier alpha value is -3.52. The predicted octanol–water partition coefficient (Wildman–Crippen LogP) is 3.13. The second kappa shape index (κ2) is 8.12. The van der Waals surface area contributed by atoms with Crippen molar-refractivity contribution in [3.63, 3.8) is 0 Å². The Labute approximate surface area is 192 Å². The molecule has 8 nitrogen and oxygen atoms in total. The number of carbonyl (C=O) groups excluding carboxylic acids is 1. The number of rotatable bonds is 4. The highest BCUT2D eigenvalue weighted by molar-refractivity contribution is 5.95. The normalized spacial score (nSPS) is 24.9. The largest absolute Gasteiger partial charge is 0.330 e. The van der Waals surface area contributed by atoms with Gasteiger partial charge in [-0.15, -0.1) is 0 Å². The third-order valence-electron chi connectivity index (χ3n) is 7.26. The number of urea groups is 1. The van der Waals surface area contributed by atoms with E-state index in [2.05, 4.69) is 69.6 Å². The van der Waals surface area contributed by atoms with Gasteiger partial charge in [0.1, 0.15) is 0 Å². The molecule has 5 rings (SSSR count). The fourth-order valence-electron chi connectivity index (χ4n) is 5.28. The summed E-state index contributed by atoms with van der Waals surface area (Å²) >= 11 is 0. The first-order valence-corrected chi connectivity index (χ1v) is 11.2. The first kappa shape index (κ1) is 21.3. The van der Waals surface area contributed by atoms with Gasteiger partial charge in [-0.3, -0.25) is 14.6 Å². The summed E-state index contributed by atoms with van der Waals surface area (Å²) in [5.74, 6) is 0.454. The van der Waals surface area contributed by atoms with Crippen LogP contribution in [0, 0.1) is 0 Å². The average molecular weight is 445 g/mol. The summed E-state index contributed by atoms with van der Waals surface area (Å²) < 4.78 is 0. The van der Waals surface area contributed by atoms with E-state index in [0.29, 0.717) is 23.6 Å². The minimum absolute atomic E-state index is 0.0249. The Morgan fingerprint density at radius 2 is 1.67 bits per heavy atom. The van der Waals surface area contributed by atoms with Gasteiger partial charge in [0.25, 0.3) is 0 Å². The zero-order valence-electron chi connectivity index (χ0n) is 18.9. The van der Waals surface area contributed by atoms with E-state index in [1.807, 2.05) is 0 Å². The fourth-order valence-corrected chi connectivity index (χ4v) is 5.28. The standard InChI is InChI=1S/C25H28N6O2/c1-30(2)25(19-6-4-3-5-7-19)11-9-24(10-12-25)17-31(23(33)29-24)20-15-27-22(28-16-20)18-8-13-26-21(32)14-18/h3-8,13-16H,9-12,17H2,1-2H3,(H,26,32)(H,29,33). The van der Waals surface area contributed by atoms with Gasteiger partial charge < -0.3 is 10.3 Å². The summed E-state index contributed by atoms with van der Waals surface area (Å²) in [7, 11) is 4.29. The number of carbonyl (C=O) groups is 1. The van der Waals surface area contributed by atoms with E-state index in [4.69, 9.17) is 0 Å². The van der Waals surface area contributed by atoms with Crippen LogP contribution in [0.4, 0.5) is 10.5 Å². The molecule has 3 heterocycles. The Morgan fingerprint density at radius 1 is 0.970 bits per heavy atom. The molecule has 1 spiro atoms. The first-order valence-electron chi connectivity index (χ1n) is 11.2. The quantitative estimate of drug-likeness (QED) is 0.645. The van der Waals surface area contributed by atoms with Gasteiger partial charge in [-0.25, -0.2) is 14.8 Å². The maximum Gasteiger partial charge on any atom is 0.322 e. The molecule has 2 aliphatic rings. The predicted molar refractivity (Wildman–Crippen MR) is 127 cm³/mol. The number of aromatic amines is 1. The van der Waals surface area contributed by atoms with E-state index in [1.165, 1.54) is 11.6 Å². The second-order valence-corrected chi connectivity index (χ2v) is 9.30. The van der Waals surface area contributed by atoms with Crippen LogP contribution in [0.5, 0.6) is 0 Å². The number of H-pyrrole nitrogens is 1. The molecule has 170 valence electrons. The molecule has 33 heavy (non-hydrogen) atoms. The van der Waals surface area contributed by atoms with E-state index in [-0.39, 0.29) is 22.7 Å². The van der Waals surface area contributed by atoms with Gasteiger partial charge >= 0.3 is 6.03 Å². The molecule has 0 unspecified atom stereocenters. The van der Waals surface area contributed by atoms with Gasteiger partial charge in [-0.1, -0.05) is 30.3 Å². The third-order valence-corrected chi connectivity index (χ3v) is 7.26. The lowest BCUT2D eigenvalue weighted by Crippen LogP contribution is -2.54. The molecular weight excluding hydrogens is 416 g/mol. The highest BCUT2D eigenvalue weighted by Gasteiger charge is 2.50. The van der Waals surface area contributed by atoms with Crippen LogP contribution in [0.1, 0.15) is 31.2 Å². The van der Waals surface area contributed by atoms with Crippen molar-refractivity contribution in [3.8, 4) is 11.4 Å². The average Bonchev–Trinajstić information content (AvgIpc) is 3.16. The maximum absolute atomic E-state index is 12.9. The van der Waals surface area contributed by atoms with Crippen LogP contribution in [0.2, 0.25) is 0 Å². The number of hydrogen-bond donors (Lipinski definition) is 2. The molecule has 2 N–H and O–H groups in total. The van der Waals surface area contributed by atoms with Gasteiger partial charge in [0.05, 0.1) is 30.2 Å². The van der Waals surface area contributed by atoms with Crippen LogP contribution in [-0.4, -0.2) is 52.1 Å². The van der Waals surface area contributed by atoms with E-state index < -0.39 is 0 Å². The SMILES string of the molecule is CN(C)C1(c2ccccc2)CCC2(CC1)CN(c1cnc(-c3cc[nH]c(=O)c3)nc1)C(=O)N2. The molecule has 3 aromatic rings. The van der Waals surface area contributed by atoms with Gasteiger partial charge in [0.15, 0.2) is 5.82 Å². The molecule has 8 heteroatoms. The van der Waals surface area contributed by atoms with Gasteiger partial charge in [-0.2, -0.15) is 0 Å². The number of hydrogen-bond acceptors (Lipinski definition) is 5. The molecule has 0 radical (unpaired) electrons. The molecule has 0 bridgehead atoms. The summed E-state index contributed by atoms with van der Waals surface area (Å²) in [4.78, 5) is 39.9. The summed E-state index contributed by atoms with van der Waals surface area (Å²) in [5.41, 5.74) is 2.14. The fraction of sp³-hybridized carbons (Fsp3) is 0.360. The van der Waals surface area contributed by atoms with Crippen molar-refractivity contribution in [2.75, 3.05) is 25.5 Å². The number of benzene rings is 1. The van der Waals surface area contributed by atoms with Crippen molar-refractivity contribution >= 4 is 11.7 Å². The number of nitrogens with zero attached hydrogens (tertiary/aromatic N) is 4.